The number of halogens is 1. The predicted octanol–water partition coefficient (Wildman–Crippen LogP) is 3.99. The van der Waals surface area contributed by atoms with Crippen molar-refractivity contribution < 1.29 is 9.90 Å². The lowest BCUT2D eigenvalue weighted by Gasteiger charge is -2.23. The Balaban J connectivity index is 2.12. The second-order valence-corrected chi connectivity index (χ2v) is 6.65. The number of carbonyl (C=O) groups is 1. The van der Waals surface area contributed by atoms with Crippen LogP contribution in [0.4, 0.5) is 5.69 Å². The van der Waals surface area contributed by atoms with Gasteiger partial charge in [-0.25, -0.2) is 0 Å². The van der Waals surface area contributed by atoms with E-state index in [0.717, 1.165) is 16.0 Å². The van der Waals surface area contributed by atoms with E-state index in [-0.39, 0.29) is 6.42 Å². The first-order valence-corrected chi connectivity index (χ1v) is 7.52. The van der Waals surface area contributed by atoms with Gasteiger partial charge in [0.15, 0.2) is 0 Å². The molecule has 0 unspecified atom stereocenters. The van der Waals surface area contributed by atoms with Crippen LogP contribution in [0, 0.1) is 0 Å². The first-order valence-electron chi connectivity index (χ1n) is 5.91. The standard InChI is InChI=1S/C14H14BrNO2S/c15-13-7-6-12(19-13)10-16(9-8-14(17)18)11-4-2-1-3-5-11/h1-7H,8-10H2,(H,17,18). The molecule has 0 atom stereocenters. The SMILES string of the molecule is O=C(O)CCN(Cc1ccc(Br)s1)c1ccccc1. The van der Waals surface area contributed by atoms with Gasteiger partial charge in [-0.3, -0.25) is 4.79 Å². The topological polar surface area (TPSA) is 40.5 Å². The van der Waals surface area contributed by atoms with Gasteiger partial charge in [0.1, 0.15) is 0 Å². The van der Waals surface area contributed by atoms with Crippen LogP contribution in [-0.4, -0.2) is 17.6 Å². The van der Waals surface area contributed by atoms with Crippen molar-refractivity contribution in [2.45, 2.75) is 13.0 Å². The Bertz CT molecular complexity index is 541. The number of benzene rings is 1. The second-order valence-electron chi connectivity index (χ2n) is 4.11. The number of hydrogen-bond acceptors (Lipinski definition) is 3. The van der Waals surface area contributed by atoms with Crippen molar-refractivity contribution in [3.05, 3.63) is 51.1 Å². The van der Waals surface area contributed by atoms with Crippen LogP contribution >= 0.6 is 27.3 Å². The Morgan fingerprint density at radius 3 is 2.53 bits per heavy atom. The summed E-state index contributed by atoms with van der Waals surface area (Å²) in [7, 11) is 0. The number of carboxylic acid groups (broad SMARTS) is 1. The first kappa shape index (κ1) is 14.1. The fraction of sp³-hybridized carbons (Fsp3) is 0.214. The monoisotopic (exact) mass is 339 g/mol. The van der Waals surface area contributed by atoms with E-state index in [0.29, 0.717) is 6.54 Å². The van der Waals surface area contributed by atoms with Crippen molar-refractivity contribution in [2.24, 2.45) is 0 Å². The third-order valence-corrected chi connectivity index (χ3v) is 4.30. The van der Waals surface area contributed by atoms with Crippen molar-refractivity contribution in [2.75, 3.05) is 11.4 Å². The summed E-state index contributed by atoms with van der Waals surface area (Å²) in [6.07, 6.45) is 0.140. The molecule has 5 heteroatoms. The van der Waals surface area contributed by atoms with E-state index in [2.05, 4.69) is 26.9 Å². The summed E-state index contributed by atoms with van der Waals surface area (Å²) in [6.45, 7) is 1.24. The Morgan fingerprint density at radius 1 is 1.21 bits per heavy atom. The van der Waals surface area contributed by atoms with Crippen LogP contribution in [0.5, 0.6) is 0 Å². The zero-order valence-electron chi connectivity index (χ0n) is 10.3. The number of carboxylic acids is 1. The molecule has 0 amide bonds. The van der Waals surface area contributed by atoms with Crippen LogP contribution in [0.15, 0.2) is 46.3 Å². The molecule has 0 aliphatic heterocycles. The van der Waals surface area contributed by atoms with E-state index in [4.69, 9.17) is 5.11 Å². The van der Waals surface area contributed by atoms with Gasteiger partial charge < -0.3 is 10.0 Å². The summed E-state index contributed by atoms with van der Waals surface area (Å²) < 4.78 is 1.09. The maximum atomic E-state index is 10.8. The van der Waals surface area contributed by atoms with E-state index in [1.54, 1.807) is 11.3 Å². The van der Waals surface area contributed by atoms with Gasteiger partial charge in [-0.2, -0.15) is 0 Å². The van der Waals surface area contributed by atoms with E-state index >= 15 is 0 Å². The summed E-state index contributed by atoms with van der Waals surface area (Å²) in [5, 5.41) is 8.85. The molecule has 0 radical (unpaired) electrons. The van der Waals surface area contributed by atoms with E-state index < -0.39 is 5.97 Å². The highest BCUT2D eigenvalue weighted by Gasteiger charge is 2.10. The molecule has 0 saturated heterocycles. The van der Waals surface area contributed by atoms with E-state index in [1.807, 2.05) is 36.4 Å². The van der Waals surface area contributed by atoms with E-state index in [1.165, 1.54) is 4.88 Å². The maximum absolute atomic E-state index is 10.8. The number of aliphatic carboxylic acids is 1. The highest BCUT2D eigenvalue weighted by molar-refractivity contribution is 9.11. The normalized spacial score (nSPS) is 10.4. The van der Waals surface area contributed by atoms with Crippen LogP contribution in [0.1, 0.15) is 11.3 Å². The van der Waals surface area contributed by atoms with Gasteiger partial charge in [-0.05, 0) is 40.2 Å². The molecule has 0 fully saturated rings. The number of hydrogen-bond donors (Lipinski definition) is 1. The minimum atomic E-state index is -0.770. The first-order chi connectivity index (χ1) is 9.15. The molecule has 2 aromatic rings. The molecule has 0 aliphatic carbocycles. The largest absolute Gasteiger partial charge is 0.481 e. The number of rotatable bonds is 6. The molecule has 0 bridgehead atoms. The zero-order chi connectivity index (χ0) is 13.7. The highest BCUT2D eigenvalue weighted by atomic mass is 79.9. The zero-order valence-corrected chi connectivity index (χ0v) is 12.7. The lowest BCUT2D eigenvalue weighted by Crippen LogP contribution is -2.25. The van der Waals surface area contributed by atoms with Crippen LogP contribution < -0.4 is 4.90 Å². The molecular formula is C14H14BrNO2S. The summed E-state index contributed by atoms with van der Waals surface area (Å²) in [6, 6.07) is 14.0. The molecule has 2 rings (SSSR count). The second kappa shape index (κ2) is 6.73. The van der Waals surface area contributed by atoms with Gasteiger partial charge in [0, 0.05) is 17.1 Å². The third kappa shape index (κ3) is 4.36. The van der Waals surface area contributed by atoms with Crippen molar-refractivity contribution in [1.29, 1.82) is 0 Å². The number of thiophene rings is 1. The molecule has 1 heterocycles. The quantitative estimate of drug-likeness (QED) is 0.864. The Hall–Kier alpha value is -1.33. The highest BCUT2D eigenvalue weighted by Crippen LogP contribution is 2.25. The molecular weight excluding hydrogens is 326 g/mol. The number of anilines is 1. The van der Waals surface area contributed by atoms with Crippen molar-refractivity contribution in [3.8, 4) is 0 Å². The maximum Gasteiger partial charge on any atom is 0.305 e. The molecule has 0 aliphatic rings. The lowest BCUT2D eigenvalue weighted by molar-refractivity contribution is -0.136. The van der Waals surface area contributed by atoms with Crippen molar-refractivity contribution >= 4 is 38.9 Å². The minimum Gasteiger partial charge on any atom is -0.481 e. The van der Waals surface area contributed by atoms with Gasteiger partial charge in [-0.1, -0.05) is 18.2 Å². The van der Waals surface area contributed by atoms with Gasteiger partial charge >= 0.3 is 5.97 Å². The minimum absolute atomic E-state index is 0.140. The molecule has 19 heavy (non-hydrogen) atoms. The molecule has 0 spiro atoms. The predicted molar refractivity (Wildman–Crippen MR) is 81.8 cm³/mol. The number of nitrogens with zero attached hydrogens (tertiary/aromatic N) is 1. The summed E-state index contributed by atoms with van der Waals surface area (Å²) in [5.41, 5.74) is 1.05. The van der Waals surface area contributed by atoms with E-state index in [9.17, 15) is 4.79 Å². The fourth-order valence-electron chi connectivity index (χ4n) is 1.79. The molecule has 1 N–H and O–H groups in total. The Morgan fingerprint density at radius 2 is 1.95 bits per heavy atom. The van der Waals surface area contributed by atoms with Gasteiger partial charge in [0.2, 0.25) is 0 Å². The lowest BCUT2D eigenvalue weighted by atomic mass is 10.2. The molecule has 1 aromatic carbocycles. The Labute approximate surface area is 124 Å². The third-order valence-electron chi connectivity index (χ3n) is 2.69. The summed E-state index contributed by atoms with van der Waals surface area (Å²) >= 11 is 5.12. The number of para-hydroxylation sites is 1. The molecule has 1 aromatic heterocycles. The van der Waals surface area contributed by atoms with Crippen LogP contribution in [-0.2, 0) is 11.3 Å². The summed E-state index contributed by atoms with van der Waals surface area (Å²) in [5.74, 6) is -0.770. The van der Waals surface area contributed by atoms with Crippen LogP contribution in [0.3, 0.4) is 0 Å². The molecule has 3 nitrogen and oxygen atoms in total. The summed E-state index contributed by atoms with van der Waals surface area (Å²) in [4.78, 5) is 14.1. The van der Waals surface area contributed by atoms with Gasteiger partial charge in [0.05, 0.1) is 16.8 Å². The fourth-order valence-corrected chi connectivity index (χ4v) is 3.29. The van der Waals surface area contributed by atoms with Crippen LogP contribution in [0.25, 0.3) is 0 Å². The van der Waals surface area contributed by atoms with Crippen molar-refractivity contribution in [3.63, 3.8) is 0 Å². The van der Waals surface area contributed by atoms with Gasteiger partial charge in [0.25, 0.3) is 0 Å². The smallest absolute Gasteiger partial charge is 0.305 e. The Kier molecular flexibility index (Phi) is 4.99. The van der Waals surface area contributed by atoms with Crippen molar-refractivity contribution in [1.82, 2.24) is 0 Å². The average Bonchev–Trinajstić information content (AvgIpc) is 2.81. The van der Waals surface area contributed by atoms with Gasteiger partial charge in [-0.15, -0.1) is 11.3 Å². The molecule has 0 saturated carbocycles. The van der Waals surface area contributed by atoms with Crippen LogP contribution in [0.2, 0.25) is 0 Å². The molecule has 100 valence electrons. The average molecular weight is 340 g/mol.